The molecule has 0 N–H and O–H groups in total. The zero-order chi connectivity index (χ0) is 22.6. The number of rotatable bonds is 8. The van der Waals surface area contributed by atoms with Gasteiger partial charge in [0.05, 0.1) is 12.2 Å². The fourth-order valence-corrected chi connectivity index (χ4v) is 3.82. The highest BCUT2D eigenvalue weighted by atomic mass is 35.5. The molecule has 2 heterocycles. The molecular formula is C21H22ClN3O5S. The highest BCUT2D eigenvalue weighted by Gasteiger charge is 2.21. The third kappa shape index (κ3) is 5.43. The Balaban J connectivity index is 1.62. The molecule has 0 amide bonds. The SMILES string of the molecule is Cc1nn(Cc2ccccc2)c(Cl)c1/C=C/C(=O)OCc1ccc(S(=O)(=O)N(C)C)o1. The lowest BCUT2D eigenvalue weighted by Crippen LogP contribution is -2.21. The Morgan fingerprint density at radius 3 is 2.61 bits per heavy atom. The molecule has 0 atom stereocenters. The second kappa shape index (κ2) is 9.51. The van der Waals surface area contributed by atoms with Crippen LogP contribution in [-0.4, -0.2) is 42.6 Å². The van der Waals surface area contributed by atoms with Gasteiger partial charge in [-0.3, -0.25) is 0 Å². The van der Waals surface area contributed by atoms with Crippen LogP contribution in [0.4, 0.5) is 0 Å². The van der Waals surface area contributed by atoms with E-state index in [-0.39, 0.29) is 17.5 Å². The van der Waals surface area contributed by atoms with Gasteiger partial charge >= 0.3 is 5.97 Å². The first kappa shape index (κ1) is 22.8. The Hall–Kier alpha value is -2.88. The fourth-order valence-electron chi connectivity index (χ4n) is 2.71. The van der Waals surface area contributed by atoms with E-state index >= 15 is 0 Å². The van der Waals surface area contributed by atoms with E-state index in [9.17, 15) is 13.2 Å². The normalized spacial score (nSPS) is 12.0. The number of nitrogens with zero attached hydrogens (tertiary/aromatic N) is 3. The molecule has 31 heavy (non-hydrogen) atoms. The first-order chi connectivity index (χ1) is 14.7. The van der Waals surface area contributed by atoms with Gasteiger partial charge in [0.15, 0.2) is 0 Å². The molecule has 0 fully saturated rings. The third-order valence-corrected chi connectivity index (χ3v) is 6.49. The highest BCUT2D eigenvalue weighted by Crippen LogP contribution is 2.22. The van der Waals surface area contributed by atoms with E-state index in [0.29, 0.717) is 23.0 Å². The maximum absolute atomic E-state index is 12.1. The molecule has 0 bridgehead atoms. The average Bonchev–Trinajstić information content (AvgIpc) is 3.31. The quantitative estimate of drug-likeness (QED) is 0.375. The summed E-state index contributed by atoms with van der Waals surface area (Å²) in [7, 11) is -0.882. The summed E-state index contributed by atoms with van der Waals surface area (Å²) in [4.78, 5) is 12.1. The summed E-state index contributed by atoms with van der Waals surface area (Å²) >= 11 is 6.43. The first-order valence-corrected chi connectivity index (χ1v) is 11.1. The lowest BCUT2D eigenvalue weighted by molar-refractivity contribution is -0.139. The molecule has 10 heteroatoms. The summed E-state index contributed by atoms with van der Waals surface area (Å²) < 4.78 is 37.1. The van der Waals surface area contributed by atoms with Crippen molar-refractivity contribution in [2.24, 2.45) is 0 Å². The Bertz CT molecular complexity index is 1200. The van der Waals surface area contributed by atoms with Crippen molar-refractivity contribution in [1.82, 2.24) is 14.1 Å². The van der Waals surface area contributed by atoms with Crippen molar-refractivity contribution < 1.29 is 22.4 Å². The predicted octanol–water partition coefficient (Wildman–Crippen LogP) is 3.49. The third-order valence-electron chi connectivity index (χ3n) is 4.40. The van der Waals surface area contributed by atoms with Crippen molar-refractivity contribution in [3.05, 3.63) is 76.3 Å². The topological polar surface area (TPSA) is 94.6 Å². The number of hydrogen-bond acceptors (Lipinski definition) is 6. The van der Waals surface area contributed by atoms with Crippen LogP contribution in [0.25, 0.3) is 6.08 Å². The number of aromatic nitrogens is 2. The second-order valence-electron chi connectivity index (χ2n) is 6.88. The maximum atomic E-state index is 12.1. The van der Waals surface area contributed by atoms with E-state index in [1.54, 1.807) is 17.7 Å². The first-order valence-electron chi connectivity index (χ1n) is 9.31. The van der Waals surface area contributed by atoms with Crippen molar-refractivity contribution in [2.75, 3.05) is 14.1 Å². The number of carbonyl (C=O) groups is 1. The highest BCUT2D eigenvalue weighted by molar-refractivity contribution is 7.88. The minimum atomic E-state index is -3.68. The molecule has 0 aliphatic rings. The number of aryl methyl sites for hydroxylation is 1. The number of esters is 1. The van der Waals surface area contributed by atoms with E-state index in [2.05, 4.69) is 5.10 Å². The molecule has 0 radical (unpaired) electrons. The number of furan rings is 1. The van der Waals surface area contributed by atoms with Crippen molar-refractivity contribution in [3.8, 4) is 0 Å². The molecule has 0 spiro atoms. The predicted molar refractivity (Wildman–Crippen MR) is 116 cm³/mol. The lowest BCUT2D eigenvalue weighted by atomic mass is 10.2. The van der Waals surface area contributed by atoms with E-state index in [4.69, 9.17) is 20.8 Å². The van der Waals surface area contributed by atoms with E-state index in [0.717, 1.165) is 9.87 Å². The molecule has 0 unspecified atom stereocenters. The summed E-state index contributed by atoms with van der Waals surface area (Å²) in [5, 5.41) is 4.62. The van der Waals surface area contributed by atoms with Crippen LogP contribution in [0.15, 0.2) is 58.1 Å². The summed E-state index contributed by atoms with van der Waals surface area (Å²) in [6, 6.07) is 12.5. The van der Waals surface area contributed by atoms with Gasteiger partial charge in [0.25, 0.3) is 10.0 Å². The van der Waals surface area contributed by atoms with Gasteiger partial charge in [0.1, 0.15) is 17.5 Å². The molecule has 0 aliphatic heterocycles. The zero-order valence-electron chi connectivity index (χ0n) is 17.3. The van der Waals surface area contributed by atoms with Gasteiger partial charge < -0.3 is 9.15 Å². The van der Waals surface area contributed by atoms with Crippen LogP contribution >= 0.6 is 11.6 Å². The van der Waals surface area contributed by atoms with Gasteiger partial charge in [-0.25, -0.2) is 22.2 Å². The van der Waals surface area contributed by atoms with Gasteiger partial charge in [-0.15, -0.1) is 0 Å². The van der Waals surface area contributed by atoms with Gasteiger partial charge in [0, 0.05) is 25.7 Å². The van der Waals surface area contributed by atoms with Gasteiger partial charge in [0.2, 0.25) is 5.09 Å². The minimum Gasteiger partial charge on any atom is -0.454 e. The molecule has 0 saturated heterocycles. The number of hydrogen-bond donors (Lipinski definition) is 0. The molecular weight excluding hydrogens is 442 g/mol. The Labute approximate surface area is 185 Å². The molecule has 2 aromatic heterocycles. The zero-order valence-corrected chi connectivity index (χ0v) is 18.9. The van der Waals surface area contributed by atoms with Gasteiger partial charge in [-0.2, -0.15) is 5.10 Å². The number of carbonyl (C=O) groups excluding carboxylic acids is 1. The van der Waals surface area contributed by atoms with Crippen LogP contribution in [0.1, 0.15) is 22.6 Å². The van der Waals surface area contributed by atoms with E-state index in [1.165, 1.54) is 32.3 Å². The maximum Gasteiger partial charge on any atom is 0.331 e. The molecule has 8 nitrogen and oxygen atoms in total. The monoisotopic (exact) mass is 463 g/mol. The standard InChI is InChI=1S/C21H22ClN3O5S/c1-15-18(21(22)25(23-15)13-16-7-5-4-6-8-16)10-11-19(26)29-14-17-9-12-20(30-17)31(27,28)24(2)3/h4-12H,13-14H2,1-3H3/b11-10+. The van der Waals surface area contributed by atoms with Crippen LogP contribution in [0.2, 0.25) is 5.15 Å². The van der Waals surface area contributed by atoms with Crippen LogP contribution < -0.4 is 0 Å². The lowest BCUT2D eigenvalue weighted by Gasteiger charge is -2.07. The minimum absolute atomic E-state index is 0.202. The van der Waals surface area contributed by atoms with Crippen molar-refractivity contribution in [3.63, 3.8) is 0 Å². The van der Waals surface area contributed by atoms with Crippen molar-refractivity contribution in [2.45, 2.75) is 25.2 Å². The van der Waals surface area contributed by atoms with E-state index < -0.39 is 16.0 Å². The Kier molecular flexibility index (Phi) is 6.99. The molecule has 164 valence electrons. The smallest absolute Gasteiger partial charge is 0.331 e. The van der Waals surface area contributed by atoms with Crippen LogP contribution in [-0.2, 0) is 32.7 Å². The molecule has 3 aromatic rings. The molecule has 1 aromatic carbocycles. The van der Waals surface area contributed by atoms with Crippen LogP contribution in [0, 0.1) is 6.92 Å². The number of sulfonamides is 1. The average molecular weight is 464 g/mol. The molecule has 3 rings (SSSR count). The largest absolute Gasteiger partial charge is 0.454 e. The summed E-state index contributed by atoms with van der Waals surface area (Å²) in [6.45, 7) is 2.11. The second-order valence-corrected chi connectivity index (χ2v) is 9.32. The summed E-state index contributed by atoms with van der Waals surface area (Å²) in [6.07, 6.45) is 2.78. The van der Waals surface area contributed by atoms with E-state index in [1.807, 2.05) is 30.3 Å². The number of benzene rings is 1. The Morgan fingerprint density at radius 1 is 1.23 bits per heavy atom. The number of ether oxygens (including phenoxy) is 1. The van der Waals surface area contributed by atoms with Crippen LogP contribution in [0.3, 0.4) is 0 Å². The van der Waals surface area contributed by atoms with Gasteiger partial charge in [-0.05, 0) is 30.7 Å². The fraction of sp³-hybridized carbons (Fsp3) is 0.238. The molecule has 0 saturated carbocycles. The van der Waals surface area contributed by atoms with Crippen LogP contribution in [0.5, 0.6) is 0 Å². The number of halogens is 1. The Morgan fingerprint density at radius 2 is 1.94 bits per heavy atom. The molecule has 0 aliphatic carbocycles. The summed E-state index contributed by atoms with van der Waals surface area (Å²) in [5.74, 6) is -0.410. The van der Waals surface area contributed by atoms with Gasteiger partial charge in [-0.1, -0.05) is 41.9 Å². The van der Waals surface area contributed by atoms with Crippen molar-refractivity contribution >= 4 is 33.7 Å². The summed E-state index contributed by atoms with van der Waals surface area (Å²) in [5.41, 5.74) is 2.34. The van der Waals surface area contributed by atoms with Crippen molar-refractivity contribution in [1.29, 1.82) is 0 Å².